The van der Waals surface area contributed by atoms with E-state index in [-0.39, 0.29) is 4.87 Å². The van der Waals surface area contributed by atoms with Gasteiger partial charge in [-0.25, -0.2) is 4.57 Å². The van der Waals surface area contributed by atoms with Crippen LogP contribution in [-0.4, -0.2) is 8.94 Å². The van der Waals surface area contributed by atoms with Crippen molar-refractivity contribution in [3.05, 3.63) is 68.8 Å². The van der Waals surface area contributed by atoms with Gasteiger partial charge < -0.3 is 5.32 Å². The molecule has 2 aromatic carbocycles. The summed E-state index contributed by atoms with van der Waals surface area (Å²) in [5.41, 5.74) is 2.75. The average Bonchev–Trinajstić information content (AvgIpc) is 2.83. The molecule has 4 nitrogen and oxygen atoms in total. The highest BCUT2D eigenvalue weighted by Gasteiger charge is 2.10. The fourth-order valence-corrected chi connectivity index (χ4v) is 2.60. The van der Waals surface area contributed by atoms with Crippen molar-refractivity contribution in [3.8, 4) is 5.69 Å². The molecule has 1 heterocycles. The first-order valence-corrected chi connectivity index (χ1v) is 7.47. The van der Waals surface area contributed by atoms with Gasteiger partial charge in [0.1, 0.15) is 0 Å². The number of rotatable bonds is 3. The fraction of sp³-hybridized carbons (Fsp3) is 0.0667. The van der Waals surface area contributed by atoms with Crippen LogP contribution in [-0.2, 0) is 0 Å². The molecule has 0 amide bonds. The molecule has 0 aliphatic carbocycles. The third-order valence-electron chi connectivity index (χ3n) is 3.00. The van der Waals surface area contributed by atoms with Gasteiger partial charge in [-0.2, -0.15) is 4.37 Å². The van der Waals surface area contributed by atoms with Crippen molar-refractivity contribution in [1.82, 2.24) is 8.94 Å². The number of nitrogens with zero attached hydrogens (tertiary/aromatic N) is 2. The van der Waals surface area contributed by atoms with Crippen LogP contribution in [0.5, 0.6) is 0 Å². The molecule has 0 atom stereocenters. The lowest BCUT2D eigenvalue weighted by Gasteiger charge is -2.08. The number of aryl methyl sites for hydroxylation is 1. The Kier molecular flexibility index (Phi) is 3.77. The van der Waals surface area contributed by atoms with Crippen LogP contribution in [0.4, 0.5) is 11.6 Å². The molecule has 106 valence electrons. The Hall–Kier alpha value is -2.11. The van der Waals surface area contributed by atoms with Gasteiger partial charge in [-0.1, -0.05) is 29.3 Å². The Morgan fingerprint density at radius 3 is 2.43 bits per heavy atom. The molecule has 0 spiro atoms. The van der Waals surface area contributed by atoms with E-state index in [9.17, 15) is 4.79 Å². The molecule has 3 aromatic rings. The van der Waals surface area contributed by atoms with E-state index in [0.29, 0.717) is 11.0 Å². The zero-order valence-corrected chi connectivity index (χ0v) is 12.8. The quantitative estimate of drug-likeness (QED) is 0.794. The number of hydrogen-bond donors (Lipinski definition) is 1. The molecule has 0 unspecified atom stereocenters. The van der Waals surface area contributed by atoms with E-state index in [1.165, 1.54) is 0 Å². The summed E-state index contributed by atoms with van der Waals surface area (Å²) in [5, 5.41) is 3.80. The molecule has 3 rings (SSSR count). The van der Waals surface area contributed by atoms with Crippen LogP contribution in [0.15, 0.2) is 53.3 Å². The first-order valence-electron chi connectivity index (χ1n) is 6.32. The van der Waals surface area contributed by atoms with E-state index >= 15 is 0 Å². The highest BCUT2D eigenvalue weighted by molar-refractivity contribution is 7.03. The molecule has 1 aromatic heterocycles. The number of nitrogens with one attached hydrogen (secondary N) is 1. The van der Waals surface area contributed by atoms with Gasteiger partial charge in [0, 0.05) is 22.2 Å². The summed E-state index contributed by atoms with van der Waals surface area (Å²) in [6, 6.07) is 15.0. The van der Waals surface area contributed by atoms with Crippen LogP contribution in [0.2, 0.25) is 5.02 Å². The maximum atomic E-state index is 12.0. The molecule has 6 heteroatoms. The second-order valence-electron chi connectivity index (χ2n) is 4.57. The minimum Gasteiger partial charge on any atom is -0.324 e. The van der Waals surface area contributed by atoms with Crippen molar-refractivity contribution in [2.75, 3.05) is 5.32 Å². The van der Waals surface area contributed by atoms with Crippen LogP contribution in [0.25, 0.3) is 5.69 Å². The molecular weight excluding hydrogens is 306 g/mol. The molecule has 0 aliphatic rings. The number of halogens is 1. The molecular formula is C15H12ClN3OS. The normalized spacial score (nSPS) is 10.6. The van der Waals surface area contributed by atoms with E-state index in [4.69, 9.17) is 11.6 Å². The van der Waals surface area contributed by atoms with E-state index in [1.807, 2.05) is 43.3 Å². The molecule has 0 radical (unpaired) electrons. The van der Waals surface area contributed by atoms with Crippen LogP contribution in [0.1, 0.15) is 5.56 Å². The van der Waals surface area contributed by atoms with Gasteiger partial charge in [-0.15, -0.1) is 0 Å². The van der Waals surface area contributed by atoms with Crippen molar-refractivity contribution < 1.29 is 0 Å². The Morgan fingerprint density at radius 2 is 1.76 bits per heavy atom. The van der Waals surface area contributed by atoms with Crippen molar-refractivity contribution >= 4 is 34.8 Å². The second-order valence-corrected chi connectivity index (χ2v) is 5.73. The van der Waals surface area contributed by atoms with E-state index < -0.39 is 0 Å². The standard InChI is InChI=1S/C15H12ClN3OS/c1-10-2-8-13(9-3-10)19-14(18-21-15(19)20)17-12-6-4-11(16)5-7-12/h2-9H,1H3,(H,17,18). The summed E-state index contributed by atoms with van der Waals surface area (Å²) in [6.07, 6.45) is 0. The van der Waals surface area contributed by atoms with E-state index in [2.05, 4.69) is 9.69 Å². The molecule has 0 bridgehead atoms. The smallest absolute Gasteiger partial charge is 0.324 e. The third-order valence-corrected chi connectivity index (χ3v) is 3.85. The molecule has 1 N–H and O–H groups in total. The van der Waals surface area contributed by atoms with Crippen LogP contribution >= 0.6 is 23.1 Å². The minimum absolute atomic E-state index is 0.129. The summed E-state index contributed by atoms with van der Waals surface area (Å²) in [7, 11) is 0. The first kappa shape index (κ1) is 13.9. The SMILES string of the molecule is Cc1ccc(-n2c(Nc3ccc(Cl)cc3)nsc2=O)cc1. The number of anilines is 2. The lowest BCUT2D eigenvalue weighted by molar-refractivity contribution is 1.02. The monoisotopic (exact) mass is 317 g/mol. The third kappa shape index (κ3) is 2.99. The van der Waals surface area contributed by atoms with Gasteiger partial charge >= 0.3 is 4.87 Å². The maximum Gasteiger partial charge on any atom is 0.332 e. The largest absolute Gasteiger partial charge is 0.332 e. The molecule has 0 aliphatic heterocycles. The summed E-state index contributed by atoms with van der Waals surface area (Å²) in [4.78, 5) is 11.9. The van der Waals surface area contributed by atoms with Gasteiger partial charge in [0.05, 0.1) is 5.69 Å². The Labute approximate surface area is 130 Å². The summed E-state index contributed by atoms with van der Waals surface area (Å²) in [5.74, 6) is 0.496. The van der Waals surface area contributed by atoms with Crippen LogP contribution in [0.3, 0.4) is 0 Å². The summed E-state index contributed by atoms with van der Waals surface area (Å²) in [6.45, 7) is 2.01. The highest BCUT2D eigenvalue weighted by atomic mass is 35.5. The predicted molar refractivity (Wildman–Crippen MR) is 87.2 cm³/mol. The molecule has 0 saturated heterocycles. The van der Waals surface area contributed by atoms with E-state index in [0.717, 1.165) is 28.5 Å². The molecule has 0 saturated carbocycles. The van der Waals surface area contributed by atoms with Crippen molar-refractivity contribution in [1.29, 1.82) is 0 Å². The van der Waals surface area contributed by atoms with Crippen molar-refractivity contribution in [3.63, 3.8) is 0 Å². The van der Waals surface area contributed by atoms with Gasteiger partial charge in [0.2, 0.25) is 5.95 Å². The number of benzene rings is 2. The van der Waals surface area contributed by atoms with Crippen LogP contribution < -0.4 is 10.2 Å². The Morgan fingerprint density at radius 1 is 1.10 bits per heavy atom. The fourth-order valence-electron chi connectivity index (χ4n) is 1.91. The average molecular weight is 318 g/mol. The lowest BCUT2D eigenvalue weighted by atomic mass is 10.2. The number of hydrogen-bond acceptors (Lipinski definition) is 4. The van der Waals surface area contributed by atoms with Gasteiger partial charge in [0.25, 0.3) is 0 Å². The van der Waals surface area contributed by atoms with Gasteiger partial charge in [-0.05, 0) is 43.3 Å². The summed E-state index contributed by atoms with van der Waals surface area (Å²) >= 11 is 6.79. The van der Waals surface area contributed by atoms with Gasteiger partial charge in [-0.3, -0.25) is 4.79 Å². The van der Waals surface area contributed by atoms with E-state index in [1.54, 1.807) is 16.7 Å². The minimum atomic E-state index is -0.129. The van der Waals surface area contributed by atoms with Gasteiger partial charge in [0.15, 0.2) is 0 Å². The zero-order valence-electron chi connectivity index (χ0n) is 11.2. The van der Waals surface area contributed by atoms with Crippen LogP contribution in [0, 0.1) is 6.92 Å². The second kappa shape index (κ2) is 5.71. The highest BCUT2D eigenvalue weighted by Crippen LogP contribution is 2.20. The summed E-state index contributed by atoms with van der Waals surface area (Å²) < 4.78 is 5.73. The number of aromatic nitrogens is 2. The predicted octanol–water partition coefficient (Wildman–Crippen LogP) is 4.00. The maximum absolute atomic E-state index is 12.0. The topological polar surface area (TPSA) is 46.9 Å². The molecule has 0 fully saturated rings. The lowest BCUT2D eigenvalue weighted by Crippen LogP contribution is -2.13. The zero-order chi connectivity index (χ0) is 14.8. The Bertz CT molecular complexity index is 806. The Balaban J connectivity index is 1.99. The first-order chi connectivity index (χ1) is 10.1. The molecule has 21 heavy (non-hydrogen) atoms. The van der Waals surface area contributed by atoms with Crippen molar-refractivity contribution in [2.24, 2.45) is 0 Å². The van der Waals surface area contributed by atoms with Crippen molar-refractivity contribution in [2.45, 2.75) is 6.92 Å².